The van der Waals surface area contributed by atoms with Gasteiger partial charge >= 0.3 is 6.18 Å². The van der Waals surface area contributed by atoms with Gasteiger partial charge in [-0.15, -0.1) is 0 Å². The number of rotatable bonds is 6. The number of halogens is 4. The Balaban J connectivity index is 2.02. The number of nitrogens with zero attached hydrogens (tertiary/aromatic N) is 2. The molecule has 0 saturated carbocycles. The van der Waals surface area contributed by atoms with Gasteiger partial charge in [0.15, 0.2) is 0 Å². The van der Waals surface area contributed by atoms with E-state index < -0.39 is 35.6 Å². The summed E-state index contributed by atoms with van der Waals surface area (Å²) in [5, 5.41) is 11.8. The third-order valence-corrected chi connectivity index (χ3v) is 4.73. The molecule has 0 radical (unpaired) electrons. The molecule has 0 aliphatic rings. The second-order valence-corrected chi connectivity index (χ2v) is 6.99. The van der Waals surface area contributed by atoms with Crippen molar-refractivity contribution in [2.24, 2.45) is 0 Å². The van der Waals surface area contributed by atoms with Crippen molar-refractivity contribution in [2.75, 3.05) is 11.9 Å². The number of carbonyl (C=O) groups excluding carboxylic acids is 1. The van der Waals surface area contributed by atoms with Gasteiger partial charge < -0.3 is 10.4 Å². The van der Waals surface area contributed by atoms with Gasteiger partial charge in [0.05, 0.1) is 5.56 Å². The van der Waals surface area contributed by atoms with Gasteiger partial charge in [0, 0.05) is 35.5 Å². The quantitative estimate of drug-likeness (QED) is 0.564. The maximum atomic E-state index is 13.1. The number of hydrogen-bond donors (Lipinski definition) is 2. The van der Waals surface area contributed by atoms with Gasteiger partial charge in [0.2, 0.25) is 5.91 Å². The zero-order valence-corrected chi connectivity index (χ0v) is 16.9. The Kier molecular flexibility index (Phi) is 6.73. The standard InChI is InChI=1S/C22H19F4N3O3/c1-13-18(10-11-30)21(32)29(12-19(31)28-17-8-6-16(23)7-9-17)20(27-13)14-2-4-15(5-3-14)22(24,25)26/h2-9,30H,10-12H2,1H3,(H,28,31). The molecule has 0 spiro atoms. The van der Waals surface area contributed by atoms with Crippen molar-refractivity contribution < 1.29 is 27.5 Å². The first kappa shape index (κ1) is 23.1. The fourth-order valence-electron chi connectivity index (χ4n) is 3.15. The number of carbonyl (C=O) groups is 1. The van der Waals surface area contributed by atoms with Crippen molar-refractivity contribution in [3.05, 3.63) is 81.5 Å². The number of aliphatic hydroxyl groups excluding tert-OH is 1. The summed E-state index contributed by atoms with van der Waals surface area (Å²) in [4.78, 5) is 29.9. The number of nitrogens with one attached hydrogen (secondary N) is 1. The van der Waals surface area contributed by atoms with E-state index in [4.69, 9.17) is 0 Å². The Hall–Kier alpha value is -3.53. The highest BCUT2D eigenvalue weighted by molar-refractivity contribution is 5.90. The predicted molar refractivity (Wildman–Crippen MR) is 109 cm³/mol. The lowest BCUT2D eigenvalue weighted by molar-refractivity contribution is -0.137. The van der Waals surface area contributed by atoms with Crippen molar-refractivity contribution in [2.45, 2.75) is 26.1 Å². The zero-order valence-electron chi connectivity index (χ0n) is 16.9. The Bertz CT molecular complexity index is 1170. The molecule has 0 aliphatic carbocycles. The average molecular weight is 449 g/mol. The van der Waals surface area contributed by atoms with Crippen LogP contribution in [0.3, 0.4) is 0 Å². The van der Waals surface area contributed by atoms with Crippen LogP contribution in [0.25, 0.3) is 11.4 Å². The van der Waals surface area contributed by atoms with Crippen molar-refractivity contribution >= 4 is 11.6 Å². The van der Waals surface area contributed by atoms with E-state index in [1.807, 2.05) is 0 Å². The Morgan fingerprint density at radius 2 is 1.72 bits per heavy atom. The van der Waals surface area contributed by atoms with Crippen LogP contribution in [0.15, 0.2) is 53.3 Å². The van der Waals surface area contributed by atoms with Crippen LogP contribution in [0.2, 0.25) is 0 Å². The van der Waals surface area contributed by atoms with E-state index in [2.05, 4.69) is 10.3 Å². The zero-order chi connectivity index (χ0) is 23.5. The Morgan fingerprint density at radius 1 is 1.09 bits per heavy atom. The first-order valence-corrected chi connectivity index (χ1v) is 9.54. The van der Waals surface area contributed by atoms with E-state index in [-0.39, 0.29) is 30.0 Å². The molecule has 2 aromatic carbocycles. The molecule has 0 saturated heterocycles. The number of hydrogen-bond acceptors (Lipinski definition) is 4. The minimum absolute atomic E-state index is 0.00450. The highest BCUT2D eigenvalue weighted by Gasteiger charge is 2.30. The maximum Gasteiger partial charge on any atom is 0.416 e. The van der Waals surface area contributed by atoms with Crippen LogP contribution >= 0.6 is 0 Å². The van der Waals surface area contributed by atoms with Gasteiger partial charge in [-0.3, -0.25) is 14.2 Å². The monoisotopic (exact) mass is 449 g/mol. The van der Waals surface area contributed by atoms with E-state index in [0.717, 1.165) is 28.8 Å². The van der Waals surface area contributed by atoms with E-state index >= 15 is 0 Å². The van der Waals surface area contributed by atoms with Crippen LogP contribution < -0.4 is 10.9 Å². The SMILES string of the molecule is Cc1nc(-c2ccc(C(F)(F)F)cc2)n(CC(=O)Nc2ccc(F)cc2)c(=O)c1CCO. The molecule has 168 valence electrons. The minimum Gasteiger partial charge on any atom is -0.396 e. The molecule has 0 fully saturated rings. The second-order valence-electron chi connectivity index (χ2n) is 6.99. The molecule has 0 atom stereocenters. The number of alkyl halides is 3. The van der Waals surface area contributed by atoms with Crippen LogP contribution in [0, 0.1) is 12.7 Å². The van der Waals surface area contributed by atoms with Crippen molar-refractivity contribution in [1.29, 1.82) is 0 Å². The number of anilines is 1. The fraction of sp³-hybridized carbons (Fsp3) is 0.227. The number of aliphatic hydroxyl groups is 1. The lowest BCUT2D eigenvalue weighted by atomic mass is 10.1. The summed E-state index contributed by atoms with van der Waals surface area (Å²) in [5.74, 6) is -1.09. The fourth-order valence-corrected chi connectivity index (χ4v) is 3.15. The maximum absolute atomic E-state index is 13.1. The largest absolute Gasteiger partial charge is 0.416 e. The van der Waals surface area contributed by atoms with Crippen LogP contribution in [0.1, 0.15) is 16.8 Å². The van der Waals surface area contributed by atoms with E-state index in [1.165, 1.54) is 24.3 Å². The van der Waals surface area contributed by atoms with Gasteiger partial charge in [-0.25, -0.2) is 9.37 Å². The molecule has 32 heavy (non-hydrogen) atoms. The molecular weight excluding hydrogens is 430 g/mol. The van der Waals surface area contributed by atoms with Crippen LogP contribution in [0.4, 0.5) is 23.2 Å². The summed E-state index contributed by atoms with van der Waals surface area (Å²) in [5.41, 5.74) is -0.445. The van der Waals surface area contributed by atoms with Gasteiger partial charge in [0.25, 0.3) is 5.56 Å². The highest BCUT2D eigenvalue weighted by Crippen LogP contribution is 2.30. The third kappa shape index (κ3) is 5.20. The third-order valence-electron chi connectivity index (χ3n) is 4.73. The van der Waals surface area contributed by atoms with Crippen LogP contribution in [-0.2, 0) is 23.9 Å². The van der Waals surface area contributed by atoms with Gasteiger partial charge in [-0.2, -0.15) is 13.2 Å². The Morgan fingerprint density at radius 3 is 2.28 bits per heavy atom. The van der Waals surface area contributed by atoms with E-state index in [1.54, 1.807) is 6.92 Å². The van der Waals surface area contributed by atoms with Gasteiger partial charge in [-0.05, 0) is 43.3 Å². The number of amides is 1. The molecule has 1 amide bonds. The number of aromatic nitrogens is 2. The van der Waals surface area contributed by atoms with Gasteiger partial charge in [-0.1, -0.05) is 12.1 Å². The van der Waals surface area contributed by atoms with Crippen molar-refractivity contribution in [3.63, 3.8) is 0 Å². The van der Waals surface area contributed by atoms with Gasteiger partial charge in [0.1, 0.15) is 18.2 Å². The van der Waals surface area contributed by atoms with Crippen molar-refractivity contribution in [3.8, 4) is 11.4 Å². The summed E-state index contributed by atoms with van der Waals surface area (Å²) >= 11 is 0. The number of aryl methyl sites for hydroxylation is 1. The molecule has 0 aliphatic heterocycles. The molecule has 0 bridgehead atoms. The van der Waals surface area contributed by atoms with Crippen LogP contribution in [-0.4, -0.2) is 27.2 Å². The lowest BCUT2D eigenvalue weighted by Crippen LogP contribution is -2.33. The predicted octanol–water partition coefficient (Wildman–Crippen LogP) is 3.55. The smallest absolute Gasteiger partial charge is 0.396 e. The number of benzene rings is 2. The first-order valence-electron chi connectivity index (χ1n) is 9.54. The molecule has 6 nitrogen and oxygen atoms in total. The summed E-state index contributed by atoms with van der Waals surface area (Å²) in [6.45, 7) is 0.736. The summed E-state index contributed by atoms with van der Waals surface area (Å²) in [6.07, 6.45) is -4.52. The van der Waals surface area contributed by atoms with E-state index in [0.29, 0.717) is 11.4 Å². The Labute approximate surface area is 180 Å². The first-order chi connectivity index (χ1) is 15.1. The normalized spacial score (nSPS) is 11.4. The topological polar surface area (TPSA) is 84.2 Å². The second kappa shape index (κ2) is 9.31. The molecule has 3 rings (SSSR count). The molecule has 3 aromatic rings. The summed E-state index contributed by atoms with van der Waals surface area (Å²) in [6, 6.07) is 9.07. The molecule has 10 heteroatoms. The molecule has 1 heterocycles. The molecule has 1 aromatic heterocycles. The summed E-state index contributed by atoms with van der Waals surface area (Å²) < 4.78 is 52.8. The molecule has 2 N–H and O–H groups in total. The average Bonchev–Trinajstić information content (AvgIpc) is 2.74. The van der Waals surface area contributed by atoms with Crippen LogP contribution in [0.5, 0.6) is 0 Å². The molecular formula is C22H19F4N3O3. The molecule has 0 unspecified atom stereocenters. The highest BCUT2D eigenvalue weighted by atomic mass is 19.4. The van der Waals surface area contributed by atoms with Crippen molar-refractivity contribution in [1.82, 2.24) is 9.55 Å². The van der Waals surface area contributed by atoms with E-state index in [9.17, 15) is 32.3 Å². The lowest BCUT2D eigenvalue weighted by Gasteiger charge is -2.16. The minimum atomic E-state index is -4.53. The summed E-state index contributed by atoms with van der Waals surface area (Å²) in [7, 11) is 0.